The van der Waals surface area contributed by atoms with Gasteiger partial charge >= 0.3 is 0 Å². The summed E-state index contributed by atoms with van der Waals surface area (Å²) in [6.45, 7) is 0. The standard InChI is InChI=1S/C12H25NS/c13-14(10-6-7-11-14)12-8-4-2-1-3-5-9-12/h12H,1-11,13H2. The van der Waals surface area contributed by atoms with E-state index in [4.69, 9.17) is 5.14 Å². The number of nitrogens with two attached hydrogens (primary N) is 1. The van der Waals surface area contributed by atoms with E-state index in [1.807, 2.05) is 0 Å². The monoisotopic (exact) mass is 215 g/mol. The first-order valence-corrected chi connectivity index (χ1v) is 8.46. The fourth-order valence-electron chi connectivity index (χ4n) is 3.07. The van der Waals surface area contributed by atoms with Gasteiger partial charge in [0, 0.05) is 5.25 Å². The molecule has 0 aromatic rings. The summed E-state index contributed by atoms with van der Waals surface area (Å²) in [7, 11) is -0.645. The van der Waals surface area contributed by atoms with Crippen molar-refractivity contribution in [2.45, 2.75) is 63.0 Å². The van der Waals surface area contributed by atoms with Crippen molar-refractivity contribution in [2.24, 2.45) is 5.14 Å². The van der Waals surface area contributed by atoms with E-state index in [-0.39, 0.29) is 0 Å². The third kappa shape index (κ3) is 2.46. The minimum atomic E-state index is -0.645. The lowest BCUT2D eigenvalue weighted by molar-refractivity contribution is 0.510. The lowest BCUT2D eigenvalue weighted by Crippen LogP contribution is -2.27. The highest BCUT2D eigenvalue weighted by atomic mass is 32.3. The summed E-state index contributed by atoms with van der Waals surface area (Å²) in [6, 6.07) is 0. The zero-order valence-electron chi connectivity index (χ0n) is 9.34. The Balaban J connectivity index is 1.92. The van der Waals surface area contributed by atoms with Gasteiger partial charge in [-0.15, -0.1) is 0 Å². The van der Waals surface area contributed by atoms with Crippen LogP contribution in [0.2, 0.25) is 0 Å². The highest BCUT2D eigenvalue weighted by molar-refractivity contribution is 8.32. The molecule has 1 heterocycles. The summed E-state index contributed by atoms with van der Waals surface area (Å²) in [4.78, 5) is 0. The quantitative estimate of drug-likeness (QED) is 0.711. The van der Waals surface area contributed by atoms with E-state index in [2.05, 4.69) is 0 Å². The third-order valence-electron chi connectivity index (χ3n) is 4.01. The molecule has 2 rings (SSSR count). The lowest BCUT2D eigenvalue weighted by Gasteiger charge is -2.40. The molecule has 2 aliphatic rings. The van der Waals surface area contributed by atoms with Crippen LogP contribution in [-0.2, 0) is 0 Å². The molecule has 2 N–H and O–H groups in total. The van der Waals surface area contributed by atoms with Gasteiger partial charge in [-0.3, -0.25) is 5.14 Å². The second-order valence-electron chi connectivity index (χ2n) is 5.09. The van der Waals surface area contributed by atoms with Gasteiger partial charge in [0.1, 0.15) is 0 Å². The highest BCUT2D eigenvalue weighted by Crippen LogP contribution is 2.54. The molecule has 2 fully saturated rings. The molecule has 0 amide bonds. The average molecular weight is 215 g/mol. The van der Waals surface area contributed by atoms with Crippen LogP contribution in [0.25, 0.3) is 0 Å². The van der Waals surface area contributed by atoms with E-state index in [1.54, 1.807) is 0 Å². The molecule has 1 nitrogen and oxygen atoms in total. The van der Waals surface area contributed by atoms with Gasteiger partial charge in [0.05, 0.1) is 0 Å². The molecular weight excluding hydrogens is 190 g/mol. The van der Waals surface area contributed by atoms with Crippen molar-refractivity contribution in [3.8, 4) is 0 Å². The van der Waals surface area contributed by atoms with Crippen LogP contribution in [0.15, 0.2) is 0 Å². The van der Waals surface area contributed by atoms with Crippen molar-refractivity contribution in [2.75, 3.05) is 11.5 Å². The molecule has 0 atom stereocenters. The first-order chi connectivity index (χ1) is 6.81. The molecule has 84 valence electrons. The Morgan fingerprint density at radius 2 is 1.21 bits per heavy atom. The molecule has 0 radical (unpaired) electrons. The SMILES string of the molecule is NS1(C2CCCCCCC2)CCCC1. The molecule has 1 aliphatic heterocycles. The van der Waals surface area contributed by atoms with E-state index >= 15 is 0 Å². The Bertz CT molecular complexity index is 167. The molecule has 1 aliphatic carbocycles. The normalized spacial score (nSPS) is 32.1. The minimum absolute atomic E-state index is 0.645. The molecule has 0 bridgehead atoms. The molecule has 0 aromatic carbocycles. The topological polar surface area (TPSA) is 26.0 Å². The van der Waals surface area contributed by atoms with Gasteiger partial charge in [0.25, 0.3) is 0 Å². The summed E-state index contributed by atoms with van der Waals surface area (Å²) in [6.07, 6.45) is 13.0. The van der Waals surface area contributed by atoms with Crippen LogP contribution < -0.4 is 5.14 Å². The summed E-state index contributed by atoms with van der Waals surface area (Å²) < 4.78 is 0. The second-order valence-corrected chi connectivity index (χ2v) is 8.59. The first kappa shape index (κ1) is 10.8. The highest BCUT2D eigenvalue weighted by Gasteiger charge is 2.32. The lowest BCUT2D eigenvalue weighted by atomic mass is 10.0. The Morgan fingerprint density at radius 3 is 1.79 bits per heavy atom. The van der Waals surface area contributed by atoms with Crippen LogP contribution in [0.3, 0.4) is 0 Å². The molecule has 2 heteroatoms. The Kier molecular flexibility index (Phi) is 3.78. The van der Waals surface area contributed by atoms with Crippen molar-refractivity contribution in [1.82, 2.24) is 0 Å². The molecular formula is C12H25NS. The predicted molar refractivity (Wildman–Crippen MR) is 66.9 cm³/mol. The van der Waals surface area contributed by atoms with Crippen LogP contribution in [0.4, 0.5) is 0 Å². The van der Waals surface area contributed by atoms with Crippen molar-refractivity contribution < 1.29 is 0 Å². The fourth-order valence-corrected chi connectivity index (χ4v) is 6.69. The zero-order chi connectivity index (χ0) is 9.86. The van der Waals surface area contributed by atoms with Crippen LogP contribution >= 0.6 is 10.2 Å². The maximum absolute atomic E-state index is 6.64. The summed E-state index contributed by atoms with van der Waals surface area (Å²) in [5.41, 5.74) is 0. The van der Waals surface area contributed by atoms with Crippen LogP contribution in [-0.4, -0.2) is 16.8 Å². The van der Waals surface area contributed by atoms with E-state index in [0.29, 0.717) is 0 Å². The Labute approximate surface area is 90.3 Å². The van der Waals surface area contributed by atoms with Crippen molar-refractivity contribution >= 4 is 10.2 Å². The largest absolute Gasteiger partial charge is 0.294 e. The van der Waals surface area contributed by atoms with Gasteiger partial charge in [0.2, 0.25) is 0 Å². The van der Waals surface area contributed by atoms with E-state index in [9.17, 15) is 0 Å². The maximum Gasteiger partial charge on any atom is 0.000251 e. The van der Waals surface area contributed by atoms with Gasteiger partial charge in [-0.25, -0.2) is 0 Å². The van der Waals surface area contributed by atoms with Crippen molar-refractivity contribution in [3.63, 3.8) is 0 Å². The van der Waals surface area contributed by atoms with Gasteiger partial charge in [0.15, 0.2) is 0 Å². The van der Waals surface area contributed by atoms with E-state index < -0.39 is 10.2 Å². The first-order valence-electron chi connectivity index (χ1n) is 6.37. The van der Waals surface area contributed by atoms with E-state index in [0.717, 1.165) is 5.25 Å². The summed E-state index contributed by atoms with van der Waals surface area (Å²) in [5.74, 6) is 2.77. The zero-order valence-corrected chi connectivity index (χ0v) is 10.2. The van der Waals surface area contributed by atoms with Crippen LogP contribution in [0.5, 0.6) is 0 Å². The Hall–Kier alpha value is 0.310. The fraction of sp³-hybridized carbons (Fsp3) is 1.00. The van der Waals surface area contributed by atoms with Crippen LogP contribution in [0.1, 0.15) is 57.8 Å². The molecule has 0 aromatic heterocycles. The summed E-state index contributed by atoms with van der Waals surface area (Å²) >= 11 is 0. The van der Waals surface area contributed by atoms with Gasteiger partial charge in [-0.05, 0) is 37.2 Å². The van der Waals surface area contributed by atoms with Gasteiger partial charge in [-0.2, -0.15) is 10.2 Å². The molecule has 1 saturated heterocycles. The molecule has 14 heavy (non-hydrogen) atoms. The van der Waals surface area contributed by atoms with Gasteiger partial charge < -0.3 is 0 Å². The van der Waals surface area contributed by atoms with Gasteiger partial charge in [-0.1, -0.05) is 32.1 Å². The predicted octanol–water partition coefficient (Wildman–Crippen LogP) is 3.57. The Morgan fingerprint density at radius 1 is 0.714 bits per heavy atom. The third-order valence-corrected chi connectivity index (χ3v) is 7.91. The number of hydrogen-bond acceptors (Lipinski definition) is 1. The van der Waals surface area contributed by atoms with E-state index in [1.165, 1.54) is 69.3 Å². The molecule has 0 unspecified atom stereocenters. The maximum atomic E-state index is 6.64. The second kappa shape index (κ2) is 4.89. The van der Waals surface area contributed by atoms with Crippen molar-refractivity contribution in [1.29, 1.82) is 0 Å². The minimum Gasteiger partial charge on any atom is -0.294 e. The summed E-state index contributed by atoms with van der Waals surface area (Å²) in [5, 5.41) is 7.57. The average Bonchev–Trinajstić information content (AvgIpc) is 2.52. The number of rotatable bonds is 1. The molecule has 0 spiro atoms. The van der Waals surface area contributed by atoms with Crippen molar-refractivity contribution in [3.05, 3.63) is 0 Å². The van der Waals surface area contributed by atoms with Crippen LogP contribution in [0, 0.1) is 0 Å². The number of hydrogen-bond donors (Lipinski definition) is 1. The smallest absolute Gasteiger partial charge is 0.000251 e. The molecule has 1 saturated carbocycles.